The van der Waals surface area contributed by atoms with Gasteiger partial charge in [0.1, 0.15) is 10.8 Å². The first-order chi connectivity index (χ1) is 12.0. The predicted molar refractivity (Wildman–Crippen MR) is 105 cm³/mol. The first-order valence-corrected chi connectivity index (χ1v) is 9.50. The van der Waals surface area contributed by atoms with Crippen molar-refractivity contribution in [2.75, 3.05) is 7.05 Å². The summed E-state index contributed by atoms with van der Waals surface area (Å²) in [6.07, 6.45) is 0.189. The molecule has 0 aliphatic carbocycles. The highest BCUT2D eigenvalue weighted by atomic mass is 32.1. The predicted octanol–water partition coefficient (Wildman–Crippen LogP) is 3.92. The number of aromatic nitrogens is 1. The molecular weight excluding hydrogens is 332 g/mol. The fourth-order valence-corrected chi connectivity index (χ4v) is 3.09. The molecule has 2 N–H and O–H groups in total. The second-order valence-corrected chi connectivity index (χ2v) is 7.35. The molecule has 0 saturated heterocycles. The second-order valence-electron chi connectivity index (χ2n) is 6.41. The van der Waals surface area contributed by atoms with E-state index >= 15 is 0 Å². The molecule has 0 saturated carbocycles. The number of rotatable bonds is 7. The number of hydrogen-bond acceptors (Lipinski definition) is 4. The van der Waals surface area contributed by atoms with Gasteiger partial charge < -0.3 is 15.4 Å². The third-order valence-electron chi connectivity index (χ3n) is 3.55. The minimum Gasteiger partial charge on any atom is -0.491 e. The molecule has 0 radical (unpaired) electrons. The van der Waals surface area contributed by atoms with Crippen LogP contribution in [0.25, 0.3) is 0 Å². The third kappa shape index (κ3) is 6.38. The Balaban J connectivity index is 1.81. The fraction of sp³-hybridized carbons (Fsp3) is 0.474. The highest BCUT2D eigenvalue weighted by Crippen LogP contribution is 2.17. The van der Waals surface area contributed by atoms with Gasteiger partial charge in [-0.15, -0.1) is 11.3 Å². The molecule has 0 amide bonds. The molecule has 0 spiro atoms. The Morgan fingerprint density at radius 3 is 2.36 bits per heavy atom. The van der Waals surface area contributed by atoms with Crippen LogP contribution in [0.15, 0.2) is 34.6 Å². The summed E-state index contributed by atoms with van der Waals surface area (Å²) in [5.74, 6) is 2.12. The van der Waals surface area contributed by atoms with Crippen LogP contribution in [0.3, 0.4) is 0 Å². The molecule has 136 valence electrons. The van der Waals surface area contributed by atoms with Gasteiger partial charge in [-0.3, -0.25) is 4.99 Å². The van der Waals surface area contributed by atoms with Crippen molar-refractivity contribution < 1.29 is 4.74 Å². The van der Waals surface area contributed by atoms with Gasteiger partial charge in [-0.25, -0.2) is 4.98 Å². The Labute approximate surface area is 154 Å². The number of hydrogen-bond donors (Lipinski definition) is 2. The van der Waals surface area contributed by atoms with E-state index in [1.54, 1.807) is 18.4 Å². The number of thiazole rings is 1. The van der Waals surface area contributed by atoms with Crippen LogP contribution in [0.2, 0.25) is 0 Å². The summed E-state index contributed by atoms with van der Waals surface area (Å²) in [6, 6.07) is 8.12. The maximum absolute atomic E-state index is 5.66. The molecule has 0 fully saturated rings. The summed E-state index contributed by atoms with van der Waals surface area (Å²) in [5.41, 5.74) is 2.32. The molecule has 2 aromatic rings. The number of ether oxygens (including phenoxy) is 1. The molecule has 0 bridgehead atoms. The van der Waals surface area contributed by atoms with Crippen LogP contribution in [0.5, 0.6) is 5.75 Å². The van der Waals surface area contributed by atoms with Crippen LogP contribution in [-0.4, -0.2) is 24.1 Å². The second kappa shape index (κ2) is 9.42. The van der Waals surface area contributed by atoms with Crippen LogP contribution in [0, 0.1) is 0 Å². The number of aliphatic imine (C=N–C) groups is 1. The van der Waals surface area contributed by atoms with E-state index in [4.69, 9.17) is 4.74 Å². The molecule has 0 aliphatic heterocycles. The summed E-state index contributed by atoms with van der Waals surface area (Å²) in [6.45, 7) is 9.75. The van der Waals surface area contributed by atoms with E-state index < -0.39 is 0 Å². The lowest BCUT2D eigenvalue weighted by atomic mass is 10.2. The van der Waals surface area contributed by atoms with E-state index in [0.29, 0.717) is 19.0 Å². The van der Waals surface area contributed by atoms with Crippen molar-refractivity contribution >= 4 is 17.3 Å². The summed E-state index contributed by atoms with van der Waals surface area (Å²) >= 11 is 1.68. The van der Waals surface area contributed by atoms with Gasteiger partial charge in [0, 0.05) is 19.0 Å². The van der Waals surface area contributed by atoms with Gasteiger partial charge in [-0.05, 0) is 37.5 Å². The maximum atomic E-state index is 5.66. The molecule has 0 unspecified atom stereocenters. The van der Waals surface area contributed by atoms with Gasteiger partial charge in [-0.1, -0.05) is 26.0 Å². The lowest BCUT2D eigenvalue weighted by Crippen LogP contribution is -2.36. The lowest BCUT2D eigenvalue weighted by molar-refractivity contribution is 0.242. The third-order valence-corrected chi connectivity index (χ3v) is 4.41. The Morgan fingerprint density at radius 1 is 1.12 bits per heavy atom. The number of nitrogens with zero attached hydrogens (tertiary/aromatic N) is 2. The normalized spacial score (nSPS) is 11.9. The zero-order chi connectivity index (χ0) is 18.2. The molecule has 1 heterocycles. The molecule has 1 aromatic carbocycles. The van der Waals surface area contributed by atoms with Crippen molar-refractivity contribution in [3.8, 4) is 5.75 Å². The van der Waals surface area contributed by atoms with Crippen LogP contribution in [-0.2, 0) is 13.1 Å². The number of nitrogens with one attached hydrogen (secondary N) is 2. The van der Waals surface area contributed by atoms with E-state index in [1.807, 2.05) is 26.0 Å². The minimum atomic E-state index is 0.189. The van der Waals surface area contributed by atoms with Crippen molar-refractivity contribution in [3.05, 3.63) is 45.9 Å². The number of guanidine groups is 1. The van der Waals surface area contributed by atoms with Gasteiger partial charge in [0.15, 0.2) is 5.96 Å². The zero-order valence-electron chi connectivity index (χ0n) is 15.7. The number of benzene rings is 1. The van der Waals surface area contributed by atoms with Crippen molar-refractivity contribution in [3.63, 3.8) is 0 Å². The zero-order valence-corrected chi connectivity index (χ0v) is 16.5. The molecule has 6 heteroatoms. The Morgan fingerprint density at radius 2 is 1.80 bits per heavy atom. The van der Waals surface area contributed by atoms with Gasteiger partial charge in [0.05, 0.1) is 18.3 Å². The van der Waals surface area contributed by atoms with Crippen LogP contribution in [0.1, 0.15) is 49.9 Å². The Kier molecular flexibility index (Phi) is 7.25. The average molecular weight is 361 g/mol. The fourth-order valence-electron chi connectivity index (χ4n) is 2.20. The van der Waals surface area contributed by atoms with Crippen LogP contribution < -0.4 is 15.4 Å². The monoisotopic (exact) mass is 360 g/mol. The Hall–Kier alpha value is -2.08. The summed E-state index contributed by atoms with van der Waals surface area (Å²) in [4.78, 5) is 8.89. The first kappa shape index (κ1) is 19.2. The molecule has 0 aliphatic rings. The van der Waals surface area contributed by atoms with Gasteiger partial charge in [0.2, 0.25) is 0 Å². The van der Waals surface area contributed by atoms with Gasteiger partial charge in [0.25, 0.3) is 0 Å². The summed E-state index contributed by atoms with van der Waals surface area (Å²) < 4.78 is 5.66. The van der Waals surface area contributed by atoms with Gasteiger partial charge in [-0.2, -0.15) is 0 Å². The molecule has 25 heavy (non-hydrogen) atoms. The molecular formula is C19H28N4OS. The van der Waals surface area contributed by atoms with E-state index in [1.165, 1.54) is 5.56 Å². The Bertz CT molecular complexity index is 677. The average Bonchev–Trinajstić information content (AvgIpc) is 3.05. The van der Waals surface area contributed by atoms with E-state index in [2.05, 4.69) is 52.0 Å². The molecule has 5 nitrogen and oxygen atoms in total. The standard InChI is InChI=1S/C19H28N4OS/c1-13(2)17-12-25-18(23-17)11-22-19(20-5)21-10-15-6-8-16(9-7-15)24-14(3)4/h6-9,12-14H,10-11H2,1-5H3,(H2,20,21,22). The quantitative estimate of drug-likeness (QED) is 0.580. The molecule has 1 aromatic heterocycles. The maximum Gasteiger partial charge on any atom is 0.191 e. The molecule has 2 rings (SSSR count). The lowest BCUT2D eigenvalue weighted by Gasteiger charge is -2.12. The SMILES string of the molecule is CN=C(NCc1ccc(OC(C)C)cc1)NCc1nc(C(C)C)cs1. The highest BCUT2D eigenvalue weighted by molar-refractivity contribution is 7.09. The van der Waals surface area contributed by atoms with Crippen molar-refractivity contribution in [2.45, 2.75) is 52.8 Å². The largest absolute Gasteiger partial charge is 0.491 e. The van der Waals surface area contributed by atoms with Crippen molar-refractivity contribution in [2.24, 2.45) is 4.99 Å². The minimum absolute atomic E-state index is 0.189. The first-order valence-electron chi connectivity index (χ1n) is 8.62. The summed E-state index contributed by atoms with van der Waals surface area (Å²) in [5, 5.41) is 9.82. The van der Waals surface area contributed by atoms with Crippen LogP contribution >= 0.6 is 11.3 Å². The van der Waals surface area contributed by atoms with E-state index in [-0.39, 0.29) is 6.10 Å². The topological polar surface area (TPSA) is 58.5 Å². The molecule has 0 atom stereocenters. The van der Waals surface area contributed by atoms with Crippen molar-refractivity contribution in [1.82, 2.24) is 15.6 Å². The van der Waals surface area contributed by atoms with Crippen LogP contribution in [0.4, 0.5) is 0 Å². The highest BCUT2D eigenvalue weighted by Gasteiger charge is 2.06. The van der Waals surface area contributed by atoms with E-state index in [0.717, 1.165) is 22.4 Å². The van der Waals surface area contributed by atoms with E-state index in [9.17, 15) is 0 Å². The summed E-state index contributed by atoms with van der Waals surface area (Å²) in [7, 11) is 1.77. The smallest absolute Gasteiger partial charge is 0.191 e. The van der Waals surface area contributed by atoms with Crippen molar-refractivity contribution in [1.29, 1.82) is 0 Å². The van der Waals surface area contributed by atoms with Gasteiger partial charge >= 0.3 is 0 Å².